The molecule has 0 bridgehead atoms. The lowest BCUT2D eigenvalue weighted by Gasteiger charge is -2.19. The van der Waals surface area contributed by atoms with Gasteiger partial charge in [-0.1, -0.05) is 24.3 Å². The molecular formula is C12H16N2O2. The van der Waals surface area contributed by atoms with Crippen LogP contribution in [-0.4, -0.2) is 23.2 Å². The molecular weight excluding hydrogens is 204 g/mol. The lowest BCUT2D eigenvalue weighted by Crippen LogP contribution is -2.42. The Labute approximate surface area is 94.5 Å². The Bertz CT molecular complexity index is 404. The first kappa shape index (κ1) is 11.1. The van der Waals surface area contributed by atoms with Crippen LogP contribution in [0.3, 0.4) is 0 Å². The first-order valence-electron chi connectivity index (χ1n) is 5.41. The fourth-order valence-corrected chi connectivity index (χ4v) is 2.03. The van der Waals surface area contributed by atoms with E-state index in [9.17, 15) is 9.90 Å². The van der Waals surface area contributed by atoms with Gasteiger partial charge in [0.15, 0.2) is 0 Å². The standard InChI is InChI=1S/C12H16N2O2/c1-7(13)12(16)14-11-9-5-3-2-4-8(9)6-10(11)15/h2-5,7,10-11,15H,6,13H2,1H3,(H,14,16)/t7-,10+,11-/m1/s1. The van der Waals surface area contributed by atoms with E-state index in [0.29, 0.717) is 6.42 Å². The Morgan fingerprint density at radius 1 is 1.56 bits per heavy atom. The van der Waals surface area contributed by atoms with Crippen molar-refractivity contribution in [2.24, 2.45) is 5.73 Å². The smallest absolute Gasteiger partial charge is 0.237 e. The number of aliphatic hydroxyl groups excluding tert-OH is 1. The van der Waals surface area contributed by atoms with E-state index in [1.807, 2.05) is 24.3 Å². The van der Waals surface area contributed by atoms with E-state index in [-0.39, 0.29) is 11.9 Å². The molecule has 0 unspecified atom stereocenters. The molecule has 0 radical (unpaired) electrons. The lowest BCUT2D eigenvalue weighted by molar-refractivity contribution is -0.123. The fourth-order valence-electron chi connectivity index (χ4n) is 2.03. The molecule has 0 aromatic heterocycles. The van der Waals surface area contributed by atoms with E-state index >= 15 is 0 Å². The average Bonchev–Trinajstić information content (AvgIpc) is 2.55. The molecule has 0 spiro atoms. The molecule has 1 aliphatic rings. The van der Waals surface area contributed by atoms with Gasteiger partial charge in [-0.2, -0.15) is 0 Å². The van der Waals surface area contributed by atoms with Crippen molar-refractivity contribution in [3.63, 3.8) is 0 Å². The van der Waals surface area contributed by atoms with Gasteiger partial charge in [-0.05, 0) is 18.1 Å². The number of hydrogen-bond donors (Lipinski definition) is 3. The first-order valence-corrected chi connectivity index (χ1v) is 5.41. The summed E-state index contributed by atoms with van der Waals surface area (Å²) in [6, 6.07) is 6.85. The molecule has 1 aromatic carbocycles. The Hall–Kier alpha value is -1.39. The van der Waals surface area contributed by atoms with Gasteiger partial charge < -0.3 is 16.2 Å². The minimum atomic E-state index is -0.556. The third kappa shape index (κ3) is 1.94. The van der Waals surface area contributed by atoms with Gasteiger partial charge >= 0.3 is 0 Å². The minimum Gasteiger partial charge on any atom is -0.390 e. The third-order valence-electron chi connectivity index (χ3n) is 2.92. The zero-order valence-corrected chi connectivity index (χ0v) is 9.18. The van der Waals surface area contributed by atoms with Gasteiger partial charge in [0.1, 0.15) is 0 Å². The second-order valence-electron chi connectivity index (χ2n) is 4.25. The van der Waals surface area contributed by atoms with Crippen LogP contribution in [0.25, 0.3) is 0 Å². The molecule has 0 aliphatic heterocycles. The normalized spacial score (nSPS) is 24.9. The number of nitrogens with one attached hydrogen (secondary N) is 1. The van der Waals surface area contributed by atoms with Gasteiger partial charge in [-0.15, -0.1) is 0 Å². The van der Waals surface area contributed by atoms with Gasteiger partial charge in [0, 0.05) is 6.42 Å². The van der Waals surface area contributed by atoms with Crippen molar-refractivity contribution < 1.29 is 9.90 Å². The van der Waals surface area contributed by atoms with Crippen LogP contribution in [0.1, 0.15) is 24.1 Å². The Morgan fingerprint density at radius 3 is 2.94 bits per heavy atom. The number of carbonyl (C=O) groups is 1. The molecule has 4 heteroatoms. The zero-order chi connectivity index (χ0) is 11.7. The van der Waals surface area contributed by atoms with Gasteiger partial charge in [0.2, 0.25) is 5.91 Å². The summed E-state index contributed by atoms with van der Waals surface area (Å²) < 4.78 is 0. The molecule has 1 aromatic rings. The van der Waals surface area contributed by atoms with Crippen LogP contribution < -0.4 is 11.1 Å². The Balaban J connectivity index is 2.19. The Morgan fingerprint density at radius 2 is 2.25 bits per heavy atom. The van der Waals surface area contributed by atoms with Gasteiger partial charge in [0.25, 0.3) is 0 Å². The zero-order valence-electron chi connectivity index (χ0n) is 9.18. The highest BCUT2D eigenvalue weighted by molar-refractivity contribution is 5.81. The van der Waals surface area contributed by atoms with Gasteiger partial charge in [-0.25, -0.2) is 0 Å². The molecule has 0 heterocycles. The highest BCUT2D eigenvalue weighted by Gasteiger charge is 2.32. The summed E-state index contributed by atoms with van der Waals surface area (Å²) in [5, 5.41) is 12.7. The van der Waals surface area contributed by atoms with Crippen LogP contribution in [0, 0.1) is 0 Å². The van der Waals surface area contributed by atoms with E-state index in [1.165, 1.54) is 0 Å². The summed E-state index contributed by atoms with van der Waals surface area (Å²) in [5.74, 6) is -0.235. The van der Waals surface area contributed by atoms with Gasteiger partial charge in [0.05, 0.1) is 18.2 Å². The summed E-state index contributed by atoms with van der Waals surface area (Å²) in [6.45, 7) is 1.63. The highest BCUT2D eigenvalue weighted by Crippen LogP contribution is 2.31. The Kier molecular flexibility index (Phi) is 2.94. The molecule has 1 aliphatic carbocycles. The second-order valence-corrected chi connectivity index (χ2v) is 4.25. The molecule has 4 nitrogen and oxygen atoms in total. The maximum Gasteiger partial charge on any atom is 0.237 e. The largest absolute Gasteiger partial charge is 0.390 e. The number of benzene rings is 1. The first-order chi connectivity index (χ1) is 7.59. The van der Waals surface area contributed by atoms with Crippen molar-refractivity contribution in [3.8, 4) is 0 Å². The highest BCUT2D eigenvalue weighted by atomic mass is 16.3. The number of aliphatic hydroxyl groups is 1. The number of hydrogen-bond acceptors (Lipinski definition) is 3. The van der Waals surface area contributed by atoms with Crippen LogP contribution in [0.5, 0.6) is 0 Å². The summed E-state index contributed by atoms with van der Waals surface area (Å²) in [6.07, 6.45) is 0.0279. The van der Waals surface area contributed by atoms with E-state index in [1.54, 1.807) is 6.92 Å². The predicted molar refractivity (Wildman–Crippen MR) is 60.7 cm³/mol. The number of rotatable bonds is 2. The molecule has 0 saturated heterocycles. The minimum absolute atomic E-state index is 0.235. The van der Waals surface area contributed by atoms with Crippen LogP contribution in [-0.2, 0) is 11.2 Å². The summed E-state index contributed by atoms with van der Waals surface area (Å²) in [5.41, 5.74) is 7.56. The molecule has 1 amide bonds. The SMILES string of the molecule is C[C@@H](N)C(=O)N[C@@H]1c2ccccc2C[C@@H]1O. The van der Waals surface area contributed by atoms with Crippen molar-refractivity contribution in [2.75, 3.05) is 0 Å². The van der Waals surface area contributed by atoms with Crippen molar-refractivity contribution in [2.45, 2.75) is 31.5 Å². The topological polar surface area (TPSA) is 75.4 Å². The molecule has 86 valence electrons. The number of amides is 1. The molecule has 0 fully saturated rings. The van der Waals surface area contributed by atoms with E-state index in [2.05, 4.69) is 5.32 Å². The molecule has 2 rings (SSSR count). The molecule has 4 N–H and O–H groups in total. The summed E-state index contributed by atoms with van der Waals surface area (Å²) in [4.78, 5) is 11.5. The number of carbonyl (C=O) groups excluding carboxylic acids is 1. The molecule has 0 saturated carbocycles. The predicted octanol–water partition coefficient (Wildman–Crippen LogP) is 0.108. The maximum absolute atomic E-state index is 11.5. The van der Waals surface area contributed by atoms with Crippen molar-refractivity contribution in [1.29, 1.82) is 0 Å². The monoisotopic (exact) mass is 220 g/mol. The van der Waals surface area contributed by atoms with Gasteiger partial charge in [-0.3, -0.25) is 4.79 Å². The molecule has 16 heavy (non-hydrogen) atoms. The summed E-state index contributed by atoms with van der Waals surface area (Å²) >= 11 is 0. The van der Waals surface area contributed by atoms with Crippen LogP contribution in [0.2, 0.25) is 0 Å². The number of fused-ring (bicyclic) bond motifs is 1. The van der Waals surface area contributed by atoms with E-state index < -0.39 is 12.1 Å². The third-order valence-corrected chi connectivity index (χ3v) is 2.92. The maximum atomic E-state index is 11.5. The van der Waals surface area contributed by atoms with Crippen molar-refractivity contribution in [1.82, 2.24) is 5.32 Å². The van der Waals surface area contributed by atoms with Crippen LogP contribution >= 0.6 is 0 Å². The van der Waals surface area contributed by atoms with E-state index in [4.69, 9.17) is 5.73 Å². The summed E-state index contributed by atoms with van der Waals surface area (Å²) in [7, 11) is 0. The average molecular weight is 220 g/mol. The van der Waals surface area contributed by atoms with Crippen molar-refractivity contribution >= 4 is 5.91 Å². The second kappa shape index (κ2) is 4.23. The number of nitrogens with two attached hydrogens (primary N) is 1. The molecule has 3 atom stereocenters. The quantitative estimate of drug-likeness (QED) is 0.662. The van der Waals surface area contributed by atoms with Crippen LogP contribution in [0.15, 0.2) is 24.3 Å². The lowest BCUT2D eigenvalue weighted by atomic mass is 10.1. The van der Waals surface area contributed by atoms with Crippen LogP contribution in [0.4, 0.5) is 0 Å². The van der Waals surface area contributed by atoms with E-state index in [0.717, 1.165) is 11.1 Å². The van der Waals surface area contributed by atoms with Crippen molar-refractivity contribution in [3.05, 3.63) is 35.4 Å². The fraction of sp³-hybridized carbons (Fsp3) is 0.417.